The van der Waals surface area contributed by atoms with Crippen molar-refractivity contribution in [3.8, 4) is 17.2 Å². The molecule has 1 atom stereocenters. The van der Waals surface area contributed by atoms with Crippen LogP contribution in [0.25, 0.3) is 11.0 Å². The third-order valence-corrected chi connectivity index (χ3v) is 6.73. The Balaban J connectivity index is 1.38. The number of nitrogens with zero attached hydrogens (tertiary/aromatic N) is 3. The first-order valence-corrected chi connectivity index (χ1v) is 12.2. The molecule has 1 saturated heterocycles. The fraction of sp³-hybridized carbons (Fsp3) is 0.310. The number of hydrogen-bond acceptors (Lipinski definition) is 5. The molecular formula is C29H31N3O4. The van der Waals surface area contributed by atoms with E-state index in [-0.39, 0.29) is 11.8 Å². The quantitative estimate of drug-likeness (QED) is 0.299. The van der Waals surface area contributed by atoms with Crippen LogP contribution in [0, 0.1) is 6.92 Å². The number of benzene rings is 3. The van der Waals surface area contributed by atoms with Crippen LogP contribution < -0.4 is 19.1 Å². The molecule has 0 spiro atoms. The van der Waals surface area contributed by atoms with E-state index < -0.39 is 0 Å². The van der Waals surface area contributed by atoms with Gasteiger partial charge in [-0.25, -0.2) is 4.98 Å². The van der Waals surface area contributed by atoms with Gasteiger partial charge < -0.3 is 23.7 Å². The van der Waals surface area contributed by atoms with E-state index in [0.717, 1.165) is 46.8 Å². The second-order valence-corrected chi connectivity index (χ2v) is 9.02. The highest BCUT2D eigenvalue weighted by Gasteiger charge is 2.36. The number of fused-ring (bicyclic) bond motifs is 1. The average molecular weight is 486 g/mol. The van der Waals surface area contributed by atoms with Crippen LogP contribution in [0.5, 0.6) is 17.2 Å². The number of aromatic nitrogens is 2. The Kier molecular flexibility index (Phi) is 6.80. The van der Waals surface area contributed by atoms with E-state index in [1.807, 2.05) is 54.6 Å². The van der Waals surface area contributed by atoms with Crippen molar-refractivity contribution in [1.29, 1.82) is 0 Å². The van der Waals surface area contributed by atoms with Crippen molar-refractivity contribution in [2.24, 2.45) is 0 Å². The zero-order valence-electron chi connectivity index (χ0n) is 20.9. The van der Waals surface area contributed by atoms with Gasteiger partial charge in [0.15, 0.2) is 0 Å². The van der Waals surface area contributed by atoms with Crippen LogP contribution in [0.2, 0.25) is 0 Å². The average Bonchev–Trinajstić information content (AvgIpc) is 3.47. The fourth-order valence-electron chi connectivity index (χ4n) is 4.89. The molecule has 0 aliphatic carbocycles. The van der Waals surface area contributed by atoms with Gasteiger partial charge in [0, 0.05) is 31.5 Å². The molecule has 2 heterocycles. The minimum absolute atomic E-state index is 0.0295. The molecule has 5 rings (SSSR count). The Morgan fingerprint density at radius 2 is 1.78 bits per heavy atom. The van der Waals surface area contributed by atoms with E-state index in [1.165, 1.54) is 0 Å². The summed E-state index contributed by atoms with van der Waals surface area (Å²) in [6.45, 7) is 3.95. The maximum Gasteiger partial charge on any atom is 0.227 e. The van der Waals surface area contributed by atoms with Gasteiger partial charge in [-0.2, -0.15) is 0 Å². The van der Waals surface area contributed by atoms with Gasteiger partial charge in [-0.05, 0) is 49.2 Å². The number of carbonyl (C=O) groups excluding carboxylic acids is 1. The van der Waals surface area contributed by atoms with Crippen molar-refractivity contribution in [3.05, 3.63) is 78.1 Å². The summed E-state index contributed by atoms with van der Waals surface area (Å²) in [7, 11) is 3.23. The molecule has 186 valence electrons. The Bertz CT molecular complexity index is 1380. The van der Waals surface area contributed by atoms with Gasteiger partial charge in [0.2, 0.25) is 5.91 Å². The second kappa shape index (κ2) is 10.3. The highest BCUT2D eigenvalue weighted by molar-refractivity contribution is 5.98. The van der Waals surface area contributed by atoms with E-state index in [9.17, 15) is 4.79 Å². The van der Waals surface area contributed by atoms with Gasteiger partial charge in [-0.1, -0.05) is 30.3 Å². The standard InChI is InChI=1S/C29H31N3O4/c1-20-9-4-7-12-26(20)36-16-8-15-31-24-11-6-5-10-23(24)30-29(31)21-17-28(33)32(19-21)25-18-22(34-2)13-14-27(25)35-3/h4-7,9-14,18,21H,8,15-17,19H2,1-3H3/t21-/m0/s1. The number of aryl methyl sites for hydroxylation is 2. The fourth-order valence-corrected chi connectivity index (χ4v) is 4.89. The molecule has 3 aromatic carbocycles. The maximum atomic E-state index is 13.2. The summed E-state index contributed by atoms with van der Waals surface area (Å²) in [4.78, 5) is 19.9. The lowest BCUT2D eigenvalue weighted by Gasteiger charge is -2.20. The number of hydrogen-bond donors (Lipinski definition) is 0. The van der Waals surface area contributed by atoms with Crippen LogP contribution in [0.4, 0.5) is 5.69 Å². The van der Waals surface area contributed by atoms with Crippen molar-refractivity contribution in [2.45, 2.75) is 32.2 Å². The molecule has 0 N–H and O–H groups in total. The van der Waals surface area contributed by atoms with Gasteiger partial charge in [0.25, 0.3) is 0 Å². The first kappa shape index (κ1) is 23.7. The monoisotopic (exact) mass is 485 g/mol. The predicted molar refractivity (Wildman–Crippen MR) is 140 cm³/mol. The number of carbonyl (C=O) groups is 1. The number of ether oxygens (including phenoxy) is 3. The van der Waals surface area contributed by atoms with E-state index >= 15 is 0 Å². The molecule has 1 amide bonds. The second-order valence-electron chi connectivity index (χ2n) is 9.02. The Morgan fingerprint density at radius 1 is 0.972 bits per heavy atom. The minimum atomic E-state index is -0.0295. The van der Waals surface area contributed by atoms with Crippen molar-refractivity contribution in [2.75, 3.05) is 32.3 Å². The number of imidazole rings is 1. The SMILES string of the molecule is COc1ccc(OC)c(N2C[C@@H](c3nc4ccccc4n3CCCOc3ccccc3C)CC2=O)c1. The highest BCUT2D eigenvalue weighted by Crippen LogP contribution is 2.39. The minimum Gasteiger partial charge on any atom is -0.497 e. The lowest BCUT2D eigenvalue weighted by Crippen LogP contribution is -2.25. The van der Waals surface area contributed by atoms with Crippen molar-refractivity contribution < 1.29 is 19.0 Å². The lowest BCUT2D eigenvalue weighted by atomic mass is 10.1. The van der Waals surface area contributed by atoms with Crippen molar-refractivity contribution >= 4 is 22.6 Å². The molecule has 0 radical (unpaired) electrons. The molecular weight excluding hydrogens is 454 g/mol. The largest absolute Gasteiger partial charge is 0.497 e. The summed E-state index contributed by atoms with van der Waals surface area (Å²) >= 11 is 0. The molecule has 1 aromatic heterocycles. The molecule has 1 fully saturated rings. The van der Waals surface area contributed by atoms with Crippen LogP contribution in [0.15, 0.2) is 66.7 Å². The number of methoxy groups -OCH3 is 2. The number of amides is 1. The van der Waals surface area contributed by atoms with Crippen LogP contribution in [0.3, 0.4) is 0 Å². The first-order chi connectivity index (χ1) is 17.6. The maximum absolute atomic E-state index is 13.2. The van der Waals surface area contributed by atoms with Gasteiger partial charge >= 0.3 is 0 Å². The Labute approximate surface area is 211 Å². The molecule has 0 unspecified atom stereocenters. The molecule has 0 bridgehead atoms. The zero-order chi connectivity index (χ0) is 25.1. The summed E-state index contributed by atoms with van der Waals surface area (Å²) in [6.07, 6.45) is 1.22. The number of rotatable bonds is 9. The number of para-hydroxylation sites is 3. The van der Waals surface area contributed by atoms with E-state index in [4.69, 9.17) is 19.2 Å². The smallest absolute Gasteiger partial charge is 0.227 e. The topological polar surface area (TPSA) is 65.8 Å². The third kappa shape index (κ3) is 4.61. The van der Waals surface area contributed by atoms with E-state index in [1.54, 1.807) is 19.1 Å². The molecule has 7 nitrogen and oxygen atoms in total. The van der Waals surface area contributed by atoms with Crippen LogP contribution >= 0.6 is 0 Å². The molecule has 1 aliphatic heterocycles. The normalized spacial score (nSPS) is 15.5. The first-order valence-electron chi connectivity index (χ1n) is 12.2. The lowest BCUT2D eigenvalue weighted by molar-refractivity contribution is -0.117. The highest BCUT2D eigenvalue weighted by atomic mass is 16.5. The van der Waals surface area contributed by atoms with Crippen LogP contribution in [-0.2, 0) is 11.3 Å². The molecule has 0 saturated carbocycles. The third-order valence-electron chi connectivity index (χ3n) is 6.73. The molecule has 36 heavy (non-hydrogen) atoms. The number of anilines is 1. The Hall–Kier alpha value is -4.00. The van der Waals surface area contributed by atoms with Gasteiger partial charge in [-0.15, -0.1) is 0 Å². The Morgan fingerprint density at radius 3 is 2.58 bits per heavy atom. The summed E-state index contributed by atoms with van der Waals surface area (Å²) in [6, 6.07) is 21.7. The summed E-state index contributed by atoms with van der Waals surface area (Å²) in [5.41, 5.74) is 3.87. The molecule has 4 aromatic rings. The predicted octanol–water partition coefficient (Wildman–Crippen LogP) is 5.35. The molecule has 1 aliphatic rings. The van der Waals surface area contributed by atoms with Crippen molar-refractivity contribution in [3.63, 3.8) is 0 Å². The zero-order valence-corrected chi connectivity index (χ0v) is 20.9. The molecule has 7 heteroatoms. The van der Waals surface area contributed by atoms with Crippen LogP contribution in [-0.4, -0.2) is 42.8 Å². The summed E-state index contributed by atoms with van der Waals surface area (Å²) in [5, 5.41) is 0. The van der Waals surface area contributed by atoms with Crippen LogP contribution in [0.1, 0.15) is 30.1 Å². The van der Waals surface area contributed by atoms with E-state index in [0.29, 0.717) is 31.1 Å². The van der Waals surface area contributed by atoms with Gasteiger partial charge in [0.1, 0.15) is 23.1 Å². The van der Waals surface area contributed by atoms with Crippen molar-refractivity contribution in [1.82, 2.24) is 9.55 Å². The van der Waals surface area contributed by atoms with Gasteiger partial charge in [0.05, 0.1) is 37.5 Å². The summed E-state index contributed by atoms with van der Waals surface area (Å²) < 4.78 is 19.2. The van der Waals surface area contributed by atoms with Gasteiger partial charge in [-0.3, -0.25) is 4.79 Å². The summed E-state index contributed by atoms with van der Waals surface area (Å²) in [5.74, 6) is 3.20. The van der Waals surface area contributed by atoms with E-state index in [2.05, 4.69) is 23.6 Å².